The molecule has 0 fully saturated rings. The van der Waals surface area contributed by atoms with E-state index in [0.717, 1.165) is 22.4 Å². The van der Waals surface area contributed by atoms with E-state index in [4.69, 9.17) is 4.74 Å². The van der Waals surface area contributed by atoms with Crippen molar-refractivity contribution >= 4 is 17.5 Å². The lowest BCUT2D eigenvalue weighted by Crippen LogP contribution is -2.38. The fourth-order valence-corrected chi connectivity index (χ4v) is 3.32. The molecule has 0 atom stereocenters. The second-order valence-electron chi connectivity index (χ2n) is 7.25. The molecule has 1 aliphatic rings. The number of amides is 2. The second kappa shape index (κ2) is 8.37. The number of aryl methyl sites for hydroxylation is 1. The Kier molecular flexibility index (Phi) is 5.48. The number of carbonyl (C=O) groups is 2. The van der Waals surface area contributed by atoms with Crippen LogP contribution in [0.2, 0.25) is 0 Å². The molecular weight excluding hydrogens is 383 g/mol. The Morgan fingerprint density at radius 1 is 1.03 bits per heavy atom. The van der Waals surface area contributed by atoms with Gasteiger partial charge in [-0.05, 0) is 60.0 Å². The molecule has 4 rings (SSSR count). The lowest BCUT2D eigenvalue weighted by molar-refractivity contribution is -0.121. The number of halogens is 1. The van der Waals surface area contributed by atoms with Crippen molar-refractivity contribution in [3.05, 3.63) is 94.8 Å². The van der Waals surface area contributed by atoms with Gasteiger partial charge in [0.15, 0.2) is 6.61 Å². The van der Waals surface area contributed by atoms with Crippen LogP contribution in [0.1, 0.15) is 27.0 Å². The maximum Gasteiger partial charge on any atom is 0.265 e. The van der Waals surface area contributed by atoms with Gasteiger partial charge in [-0.15, -0.1) is 0 Å². The molecule has 0 unspecified atom stereocenters. The maximum absolute atomic E-state index is 13.0. The number of anilines is 1. The van der Waals surface area contributed by atoms with Crippen LogP contribution in [-0.4, -0.2) is 18.4 Å². The summed E-state index contributed by atoms with van der Waals surface area (Å²) < 4.78 is 18.5. The first-order valence-corrected chi connectivity index (χ1v) is 9.65. The van der Waals surface area contributed by atoms with Gasteiger partial charge in [0.2, 0.25) is 0 Å². The fraction of sp³-hybridized carbons (Fsp3) is 0.167. The third-order valence-corrected chi connectivity index (χ3v) is 4.98. The van der Waals surface area contributed by atoms with E-state index in [1.165, 1.54) is 12.1 Å². The van der Waals surface area contributed by atoms with Crippen LogP contribution in [0.25, 0.3) is 0 Å². The highest BCUT2D eigenvalue weighted by Gasteiger charge is 2.25. The van der Waals surface area contributed by atoms with Crippen molar-refractivity contribution in [3.63, 3.8) is 0 Å². The Morgan fingerprint density at radius 3 is 2.47 bits per heavy atom. The van der Waals surface area contributed by atoms with Crippen LogP contribution >= 0.6 is 0 Å². The Hall–Kier alpha value is -3.67. The van der Waals surface area contributed by atoms with E-state index in [-0.39, 0.29) is 24.2 Å². The first-order chi connectivity index (χ1) is 14.5. The number of nitrogens with one attached hydrogen (secondary N) is 1. The highest BCUT2D eigenvalue weighted by Crippen LogP contribution is 2.33. The zero-order valence-corrected chi connectivity index (χ0v) is 16.5. The predicted molar refractivity (Wildman–Crippen MR) is 112 cm³/mol. The second-order valence-corrected chi connectivity index (χ2v) is 7.25. The van der Waals surface area contributed by atoms with Gasteiger partial charge in [0.05, 0.1) is 12.2 Å². The largest absolute Gasteiger partial charge is 0.482 e. The zero-order valence-electron chi connectivity index (χ0n) is 16.5. The van der Waals surface area contributed by atoms with E-state index < -0.39 is 0 Å². The minimum Gasteiger partial charge on any atom is -0.482 e. The predicted octanol–water partition coefficient (Wildman–Crippen LogP) is 3.99. The monoisotopic (exact) mass is 404 g/mol. The quantitative estimate of drug-likeness (QED) is 0.700. The van der Waals surface area contributed by atoms with Gasteiger partial charge in [0.25, 0.3) is 11.8 Å². The van der Waals surface area contributed by atoms with Crippen molar-refractivity contribution in [1.82, 2.24) is 5.32 Å². The van der Waals surface area contributed by atoms with Crippen molar-refractivity contribution in [2.45, 2.75) is 20.0 Å². The first kappa shape index (κ1) is 19.6. The van der Waals surface area contributed by atoms with Gasteiger partial charge in [-0.3, -0.25) is 9.59 Å². The molecule has 6 heteroatoms. The van der Waals surface area contributed by atoms with Crippen LogP contribution in [0, 0.1) is 12.7 Å². The molecular formula is C24H21FN2O3. The highest BCUT2D eigenvalue weighted by molar-refractivity contribution is 5.98. The molecule has 152 valence electrons. The average Bonchev–Trinajstić information content (AvgIpc) is 2.76. The Morgan fingerprint density at radius 2 is 1.73 bits per heavy atom. The van der Waals surface area contributed by atoms with Gasteiger partial charge in [-0.2, -0.15) is 0 Å². The molecule has 0 saturated heterocycles. The van der Waals surface area contributed by atoms with Crippen molar-refractivity contribution in [2.75, 3.05) is 11.5 Å². The molecule has 0 aromatic heterocycles. The lowest BCUT2D eigenvalue weighted by Gasteiger charge is -2.29. The molecule has 0 saturated carbocycles. The standard InChI is InChI=1S/C24H21FN2O3/c1-16-2-11-22-21(12-16)27(23(28)15-30-22)14-18-3-7-19(8-4-18)24(29)26-13-17-5-9-20(25)10-6-17/h2-12H,13-15H2,1H3,(H,26,29). The van der Waals surface area contributed by atoms with Crippen molar-refractivity contribution in [1.29, 1.82) is 0 Å². The Labute approximate surface area is 174 Å². The van der Waals surface area contributed by atoms with E-state index in [1.54, 1.807) is 29.2 Å². The SMILES string of the molecule is Cc1ccc2c(c1)N(Cc1ccc(C(=O)NCc3ccc(F)cc3)cc1)C(=O)CO2. The summed E-state index contributed by atoms with van der Waals surface area (Å²) in [6.07, 6.45) is 0. The summed E-state index contributed by atoms with van der Waals surface area (Å²) in [5.74, 6) is 0.0673. The summed E-state index contributed by atoms with van der Waals surface area (Å²) in [5.41, 5.74) is 4.05. The van der Waals surface area contributed by atoms with Gasteiger partial charge < -0.3 is 15.0 Å². The Balaban J connectivity index is 1.42. The maximum atomic E-state index is 13.0. The van der Waals surface area contributed by atoms with Crippen LogP contribution < -0.4 is 15.0 Å². The van der Waals surface area contributed by atoms with Crippen molar-refractivity contribution in [3.8, 4) is 5.75 Å². The topological polar surface area (TPSA) is 58.6 Å². The molecule has 1 heterocycles. The normalized spacial score (nSPS) is 12.9. The molecule has 5 nitrogen and oxygen atoms in total. The number of fused-ring (bicyclic) bond motifs is 1. The minimum atomic E-state index is -0.308. The van der Waals surface area contributed by atoms with Crippen LogP contribution in [-0.2, 0) is 17.9 Å². The first-order valence-electron chi connectivity index (χ1n) is 9.65. The van der Waals surface area contributed by atoms with Crippen molar-refractivity contribution in [2.24, 2.45) is 0 Å². The molecule has 0 radical (unpaired) electrons. The fourth-order valence-electron chi connectivity index (χ4n) is 3.32. The third kappa shape index (κ3) is 4.33. The van der Waals surface area contributed by atoms with E-state index >= 15 is 0 Å². The number of nitrogens with zero attached hydrogens (tertiary/aromatic N) is 1. The van der Waals surface area contributed by atoms with Gasteiger partial charge in [-0.1, -0.05) is 30.3 Å². The number of rotatable bonds is 5. The number of hydrogen-bond donors (Lipinski definition) is 1. The average molecular weight is 404 g/mol. The highest BCUT2D eigenvalue weighted by atomic mass is 19.1. The summed E-state index contributed by atoms with van der Waals surface area (Å²) in [6, 6.07) is 18.9. The number of hydrogen-bond acceptors (Lipinski definition) is 3. The molecule has 0 aliphatic carbocycles. The third-order valence-electron chi connectivity index (χ3n) is 4.98. The molecule has 1 N–H and O–H groups in total. The van der Waals surface area contributed by atoms with Gasteiger partial charge >= 0.3 is 0 Å². The van der Waals surface area contributed by atoms with E-state index in [0.29, 0.717) is 24.4 Å². The van der Waals surface area contributed by atoms with Gasteiger partial charge in [0, 0.05) is 12.1 Å². The summed E-state index contributed by atoms with van der Waals surface area (Å²) in [4.78, 5) is 26.5. The number of ether oxygens (including phenoxy) is 1. The lowest BCUT2D eigenvalue weighted by atomic mass is 10.1. The van der Waals surface area contributed by atoms with Gasteiger partial charge in [-0.25, -0.2) is 4.39 Å². The molecule has 3 aromatic carbocycles. The molecule has 0 spiro atoms. The number of carbonyl (C=O) groups excluding carboxylic acids is 2. The van der Waals surface area contributed by atoms with E-state index in [1.807, 2.05) is 37.3 Å². The van der Waals surface area contributed by atoms with Gasteiger partial charge in [0.1, 0.15) is 11.6 Å². The zero-order chi connectivity index (χ0) is 21.1. The summed E-state index contributed by atoms with van der Waals surface area (Å²) >= 11 is 0. The van der Waals surface area contributed by atoms with Crippen LogP contribution in [0.5, 0.6) is 5.75 Å². The summed E-state index contributed by atoms with van der Waals surface area (Å²) in [7, 11) is 0. The summed E-state index contributed by atoms with van der Waals surface area (Å²) in [5, 5.41) is 2.82. The molecule has 1 aliphatic heterocycles. The van der Waals surface area contributed by atoms with Crippen LogP contribution in [0.15, 0.2) is 66.7 Å². The van der Waals surface area contributed by atoms with Crippen LogP contribution in [0.3, 0.4) is 0 Å². The van der Waals surface area contributed by atoms with E-state index in [2.05, 4.69) is 5.32 Å². The molecule has 3 aromatic rings. The molecule has 30 heavy (non-hydrogen) atoms. The molecule has 0 bridgehead atoms. The van der Waals surface area contributed by atoms with Crippen LogP contribution in [0.4, 0.5) is 10.1 Å². The molecule has 2 amide bonds. The summed E-state index contributed by atoms with van der Waals surface area (Å²) in [6.45, 7) is 2.70. The minimum absolute atomic E-state index is 0.0138. The Bertz CT molecular complexity index is 1080. The van der Waals surface area contributed by atoms with Crippen molar-refractivity contribution < 1.29 is 18.7 Å². The smallest absolute Gasteiger partial charge is 0.265 e. The van der Waals surface area contributed by atoms with E-state index in [9.17, 15) is 14.0 Å². The number of benzene rings is 3.